The number of amides is 2. The zero-order chi connectivity index (χ0) is 26.9. The van der Waals surface area contributed by atoms with E-state index in [9.17, 15) is 18.8 Å². The summed E-state index contributed by atoms with van der Waals surface area (Å²) in [7, 11) is 1.41. The number of hydrogen-bond acceptors (Lipinski definition) is 7. The molecule has 200 valence electrons. The number of ether oxygens (including phenoxy) is 3. The topological polar surface area (TPSA) is 106 Å². The summed E-state index contributed by atoms with van der Waals surface area (Å²) in [5, 5.41) is 5.72. The van der Waals surface area contributed by atoms with E-state index in [4.69, 9.17) is 25.8 Å². The molecule has 1 aliphatic heterocycles. The third-order valence-electron chi connectivity index (χ3n) is 5.82. The number of halogens is 2. The lowest BCUT2D eigenvalue weighted by atomic mass is 10.0. The number of methoxy groups -OCH3 is 1. The Balaban J connectivity index is 1.59. The molecule has 2 amide bonds. The summed E-state index contributed by atoms with van der Waals surface area (Å²) in [6.45, 7) is 4.96. The average molecular weight is 536 g/mol. The van der Waals surface area contributed by atoms with Gasteiger partial charge in [-0.3, -0.25) is 19.3 Å². The van der Waals surface area contributed by atoms with Gasteiger partial charge in [0.1, 0.15) is 23.4 Å². The molecule has 11 heteroatoms. The predicted molar refractivity (Wildman–Crippen MR) is 137 cm³/mol. The van der Waals surface area contributed by atoms with Crippen molar-refractivity contribution in [3.8, 4) is 11.5 Å². The fraction of sp³-hybridized carbons (Fsp3) is 0.423. The van der Waals surface area contributed by atoms with Gasteiger partial charge in [-0.15, -0.1) is 0 Å². The highest BCUT2D eigenvalue weighted by Gasteiger charge is 2.33. The van der Waals surface area contributed by atoms with E-state index in [0.717, 1.165) is 6.42 Å². The van der Waals surface area contributed by atoms with Crippen molar-refractivity contribution < 1.29 is 33.0 Å². The van der Waals surface area contributed by atoms with Gasteiger partial charge in [-0.1, -0.05) is 11.6 Å². The molecule has 1 saturated heterocycles. The largest absolute Gasteiger partial charge is 0.496 e. The third-order valence-corrected chi connectivity index (χ3v) is 6.14. The van der Waals surface area contributed by atoms with Gasteiger partial charge in [0.2, 0.25) is 5.91 Å². The second-order valence-corrected chi connectivity index (χ2v) is 9.09. The highest BCUT2D eigenvalue weighted by molar-refractivity contribution is 6.34. The minimum Gasteiger partial charge on any atom is -0.496 e. The molecule has 0 saturated carbocycles. The summed E-state index contributed by atoms with van der Waals surface area (Å²) >= 11 is 6.26. The van der Waals surface area contributed by atoms with Gasteiger partial charge >= 0.3 is 5.97 Å². The Bertz CT molecular complexity index is 1110. The molecular formula is C26H31ClFN3O6. The SMILES string of the molecule is COc1cc(NC(C)=O)c(Cl)cc1C(=O)N[C@H]1CCN(CCCOc2ccc(F)cc2)C[C@H]1OC(C)=O. The van der Waals surface area contributed by atoms with Gasteiger partial charge in [-0.05, 0) is 43.2 Å². The van der Waals surface area contributed by atoms with Crippen LogP contribution in [0, 0.1) is 5.82 Å². The summed E-state index contributed by atoms with van der Waals surface area (Å²) in [5.74, 6) is -0.654. The van der Waals surface area contributed by atoms with Crippen LogP contribution >= 0.6 is 11.6 Å². The summed E-state index contributed by atoms with van der Waals surface area (Å²) in [6.07, 6.45) is 0.730. The lowest BCUT2D eigenvalue weighted by molar-refractivity contribution is -0.150. The normalized spacial score (nSPS) is 17.5. The molecular weight excluding hydrogens is 505 g/mol. The van der Waals surface area contributed by atoms with Crippen LogP contribution in [-0.2, 0) is 14.3 Å². The van der Waals surface area contributed by atoms with Gasteiger partial charge in [0, 0.05) is 39.5 Å². The van der Waals surface area contributed by atoms with Gasteiger partial charge in [0.05, 0.1) is 36.0 Å². The van der Waals surface area contributed by atoms with E-state index >= 15 is 0 Å². The van der Waals surface area contributed by atoms with Crippen LogP contribution in [0.15, 0.2) is 36.4 Å². The number of hydrogen-bond donors (Lipinski definition) is 2. The molecule has 2 N–H and O–H groups in total. The van der Waals surface area contributed by atoms with Crippen molar-refractivity contribution in [1.82, 2.24) is 10.2 Å². The molecule has 1 fully saturated rings. The maximum atomic E-state index is 13.1. The number of nitrogens with one attached hydrogen (secondary N) is 2. The highest BCUT2D eigenvalue weighted by atomic mass is 35.5. The summed E-state index contributed by atoms with van der Waals surface area (Å²) in [6, 6.07) is 8.35. The smallest absolute Gasteiger partial charge is 0.303 e. The molecule has 0 spiro atoms. The first-order valence-corrected chi connectivity index (χ1v) is 12.3. The fourth-order valence-electron chi connectivity index (χ4n) is 4.12. The fourth-order valence-corrected chi connectivity index (χ4v) is 4.33. The van der Waals surface area contributed by atoms with Gasteiger partial charge in [0.25, 0.3) is 5.91 Å². The van der Waals surface area contributed by atoms with Crippen LogP contribution in [-0.4, -0.2) is 68.2 Å². The Morgan fingerprint density at radius 2 is 1.89 bits per heavy atom. The van der Waals surface area contributed by atoms with Crippen LogP contribution in [0.1, 0.15) is 37.0 Å². The molecule has 3 rings (SSSR count). The lowest BCUT2D eigenvalue weighted by Gasteiger charge is -2.38. The van der Waals surface area contributed by atoms with Crippen LogP contribution in [0.4, 0.5) is 10.1 Å². The molecule has 0 aliphatic carbocycles. The molecule has 1 heterocycles. The number of carbonyl (C=O) groups excluding carboxylic acids is 3. The van der Waals surface area contributed by atoms with E-state index in [1.807, 2.05) is 0 Å². The molecule has 0 radical (unpaired) electrons. The van der Waals surface area contributed by atoms with Gasteiger partial charge < -0.3 is 24.8 Å². The van der Waals surface area contributed by atoms with Crippen molar-refractivity contribution >= 4 is 35.1 Å². The second-order valence-electron chi connectivity index (χ2n) is 8.69. The summed E-state index contributed by atoms with van der Waals surface area (Å²) in [5.41, 5.74) is 0.528. The maximum absolute atomic E-state index is 13.1. The van der Waals surface area contributed by atoms with Crippen LogP contribution in [0.2, 0.25) is 5.02 Å². The lowest BCUT2D eigenvalue weighted by Crippen LogP contribution is -2.55. The van der Waals surface area contributed by atoms with Gasteiger partial charge in [-0.25, -0.2) is 4.39 Å². The maximum Gasteiger partial charge on any atom is 0.303 e. The van der Waals surface area contributed by atoms with E-state index in [1.54, 1.807) is 12.1 Å². The monoisotopic (exact) mass is 535 g/mol. The number of esters is 1. The number of likely N-dealkylation sites (tertiary alicyclic amines) is 1. The summed E-state index contributed by atoms with van der Waals surface area (Å²) < 4.78 is 29.5. The van der Waals surface area contributed by atoms with E-state index < -0.39 is 24.0 Å². The summed E-state index contributed by atoms with van der Waals surface area (Å²) in [4.78, 5) is 38.4. The Labute approximate surface area is 220 Å². The van der Waals surface area contributed by atoms with E-state index in [-0.39, 0.29) is 28.1 Å². The number of nitrogens with zero attached hydrogens (tertiary/aromatic N) is 1. The van der Waals surface area contributed by atoms with Gasteiger partial charge in [-0.2, -0.15) is 0 Å². The van der Waals surface area contributed by atoms with Crippen molar-refractivity contribution in [2.45, 2.75) is 38.8 Å². The first-order valence-electron chi connectivity index (χ1n) is 11.9. The highest BCUT2D eigenvalue weighted by Crippen LogP contribution is 2.31. The molecule has 1 aliphatic rings. The zero-order valence-corrected chi connectivity index (χ0v) is 21.8. The number of benzene rings is 2. The van der Waals surface area contributed by atoms with Crippen LogP contribution in [0.25, 0.3) is 0 Å². The Hall–Kier alpha value is -3.37. The van der Waals surface area contributed by atoms with E-state index in [2.05, 4.69) is 15.5 Å². The number of anilines is 1. The zero-order valence-electron chi connectivity index (χ0n) is 21.0. The molecule has 9 nitrogen and oxygen atoms in total. The second kappa shape index (κ2) is 13.3. The van der Waals surface area contributed by atoms with Crippen LogP contribution in [0.5, 0.6) is 11.5 Å². The molecule has 2 aromatic carbocycles. The Morgan fingerprint density at radius 1 is 1.16 bits per heavy atom. The van der Waals surface area contributed by atoms with Crippen molar-refractivity contribution in [2.75, 3.05) is 38.7 Å². The van der Waals surface area contributed by atoms with E-state index in [0.29, 0.717) is 44.1 Å². The van der Waals surface area contributed by atoms with Gasteiger partial charge in [0.15, 0.2) is 0 Å². The minimum absolute atomic E-state index is 0.190. The number of rotatable bonds is 10. The quantitative estimate of drug-likeness (QED) is 0.353. The predicted octanol–water partition coefficient (Wildman–Crippen LogP) is 3.65. The Kier molecular flexibility index (Phi) is 10.1. The molecule has 0 bridgehead atoms. The molecule has 0 aromatic heterocycles. The van der Waals surface area contributed by atoms with Crippen LogP contribution < -0.4 is 20.1 Å². The van der Waals surface area contributed by atoms with Crippen LogP contribution in [0.3, 0.4) is 0 Å². The molecule has 2 aromatic rings. The number of piperidine rings is 1. The third kappa shape index (κ3) is 8.33. The molecule has 37 heavy (non-hydrogen) atoms. The Morgan fingerprint density at radius 3 is 2.54 bits per heavy atom. The first kappa shape index (κ1) is 28.2. The van der Waals surface area contributed by atoms with Crippen molar-refractivity contribution in [1.29, 1.82) is 0 Å². The van der Waals surface area contributed by atoms with E-state index in [1.165, 1.54) is 45.2 Å². The average Bonchev–Trinajstić information content (AvgIpc) is 2.84. The first-order chi connectivity index (χ1) is 17.7. The van der Waals surface area contributed by atoms with Crippen molar-refractivity contribution in [3.05, 3.63) is 52.8 Å². The number of carbonyl (C=O) groups is 3. The van der Waals surface area contributed by atoms with Crippen molar-refractivity contribution in [3.63, 3.8) is 0 Å². The molecule has 0 unspecified atom stereocenters. The minimum atomic E-state index is -0.548. The van der Waals surface area contributed by atoms with Crippen molar-refractivity contribution in [2.24, 2.45) is 0 Å². The standard InChI is InChI=1S/C26H31ClFN3O6/c1-16(32)29-23-14-24(35-3)20(13-21(23)27)26(34)30-22-9-11-31(15-25(22)37-17(2)33)10-4-12-36-19-7-5-18(28)6-8-19/h5-8,13-14,22,25H,4,9-12,15H2,1-3H3,(H,29,32)(H,30,34)/t22-,25+/m0/s1. The molecule has 2 atom stereocenters.